The number of carboxylic acids is 1. The van der Waals surface area contributed by atoms with E-state index in [1.807, 2.05) is 13.0 Å². The first-order chi connectivity index (χ1) is 9.08. The van der Waals surface area contributed by atoms with Crippen molar-refractivity contribution in [1.29, 1.82) is 0 Å². The lowest BCUT2D eigenvalue weighted by molar-refractivity contribution is 0.0698. The second-order valence-corrected chi connectivity index (χ2v) is 4.31. The summed E-state index contributed by atoms with van der Waals surface area (Å²) in [6, 6.07) is 13.5. The molecule has 0 radical (unpaired) electrons. The molecule has 0 fully saturated rings. The van der Waals surface area contributed by atoms with Crippen LogP contribution in [0.4, 0.5) is 5.69 Å². The molecule has 0 spiro atoms. The number of aromatic hydroxyl groups is 1. The third kappa shape index (κ3) is 3.04. The number of nitrogens with one attached hydrogen (secondary N) is 1. The van der Waals surface area contributed by atoms with E-state index < -0.39 is 5.97 Å². The zero-order valence-electron chi connectivity index (χ0n) is 10.5. The van der Waals surface area contributed by atoms with Crippen LogP contribution in [-0.4, -0.2) is 16.2 Å². The van der Waals surface area contributed by atoms with Gasteiger partial charge in [0.25, 0.3) is 0 Å². The van der Waals surface area contributed by atoms with Gasteiger partial charge in [-0.1, -0.05) is 24.3 Å². The second-order valence-electron chi connectivity index (χ2n) is 4.31. The number of hydrogen-bond donors (Lipinski definition) is 3. The van der Waals surface area contributed by atoms with Crippen LogP contribution in [0.15, 0.2) is 48.5 Å². The molecule has 3 N–H and O–H groups in total. The van der Waals surface area contributed by atoms with Crippen molar-refractivity contribution in [2.75, 3.05) is 5.32 Å². The van der Waals surface area contributed by atoms with Crippen molar-refractivity contribution in [3.8, 4) is 5.75 Å². The number of hydrogen-bond acceptors (Lipinski definition) is 3. The quantitative estimate of drug-likeness (QED) is 0.786. The average molecular weight is 257 g/mol. The van der Waals surface area contributed by atoms with E-state index in [0.717, 1.165) is 5.56 Å². The molecule has 0 aromatic heterocycles. The molecule has 1 atom stereocenters. The van der Waals surface area contributed by atoms with Crippen LogP contribution in [0.1, 0.15) is 28.9 Å². The van der Waals surface area contributed by atoms with Crippen molar-refractivity contribution in [1.82, 2.24) is 0 Å². The third-order valence-electron chi connectivity index (χ3n) is 2.90. The minimum atomic E-state index is -0.966. The minimum absolute atomic E-state index is 0.104. The summed E-state index contributed by atoms with van der Waals surface area (Å²) in [6.45, 7) is 1.91. The summed E-state index contributed by atoms with van der Waals surface area (Å²) >= 11 is 0. The Kier molecular flexibility index (Phi) is 3.71. The highest BCUT2D eigenvalue weighted by atomic mass is 16.4. The summed E-state index contributed by atoms with van der Waals surface area (Å²) in [6.07, 6.45) is 0. The first-order valence-corrected chi connectivity index (χ1v) is 5.95. The summed E-state index contributed by atoms with van der Waals surface area (Å²) < 4.78 is 0. The summed E-state index contributed by atoms with van der Waals surface area (Å²) in [7, 11) is 0. The molecule has 1 unspecified atom stereocenters. The Hall–Kier alpha value is -2.49. The zero-order valence-corrected chi connectivity index (χ0v) is 10.5. The van der Waals surface area contributed by atoms with Crippen molar-refractivity contribution < 1.29 is 15.0 Å². The molecular formula is C15H15NO3. The van der Waals surface area contributed by atoms with Gasteiger partial charge in [0.1, 0.15) is 5.75 Å². The monoisotopic (exact) mass is 257 g/mol. The number of aromatic carboxylic acids is 1. The van der Waals surface area contributed by atoms with Gasteiger partial charge in [0.05, 0.1) is 5.56 Å². The Morgan fingerprint density at radius 1 is 1.16 bits per heavy atom. The normalized spacial score (nSPS) is 11.8. The molecule has 0 aliphatic carbocycles. The fraction of sp³-hybridized carbons (Fsp3) is 0.133. The lowest BCUT2D eigenvalue weighted by Gasteiger charge is -2.17. The van der Waals surface area contributed by atoms with Gasteiger partial charge in [-0.3, -0.25) is 0 Å². The highest BCUT2D eigenvalue weighted by Gasteiger charge is 2.12. The molecule has 19 heavy (non-hydrogen) atoms. The van der Waals surface area contributed by atoms with Crippen molar-refractivity contribution in [3.05, 3.63) is 59.7 Å². The first kappa shape index (κ1) is 13.0. The fourth-order valence-electron chi connectivity index (χ4n) is 1.91. The number of carboxylic acid groups (broad SMARTS) is 1. The maximum atomic E-state index is 11.1. The largest absolute Gasteiger partial charge is 0.508 e. The predicted molar refractivity (Wildman–Crippen MR) is 73.5 cm³/mol. The van der Waals surface area contributed by atoms with Crippen molar-refractivity contribution >= 4 is 11.7 Å². The van der Waals surface area contributed by atoms with Crippen molar-refractivity contribution in [2.24, 2.45) is 0 Å². The van der Waals surface area contributed by atoms with Gasteiger partial charge < -0.3 is 15.5 Å². The Bertz CT molecular complexity index is 595. The van der Waals surface area contributed by atoms with Crippen LogP contribution in [0.3, 0.4) is 0 Å². The van der Waals surface area contributed by atoms with Crippen molar-refractivity contribution in [2.45, 2.75) is 13.0 Å². The topological polar surface area (TPSA) is 69.6 Å². The zero-order chi connectivity index (χ0) is 13.8. The van der Waals surface area contributed by atoms with E-state index in [0.29, 0.717) is 5.69 Å². The van der Waals surface area contributed by atoms with Gasteiger partial charge >= 0.3 is 5.97 Å². The van der Waals surface area contributed by atoms with Crippen LogP contribution in [0.25, 0.3) is 0 Å². The molecular weight excluding hydrogens is 242 g/mol. The van der Waals surface area contributed by atoms with Crippen LogP contribution < -0.4 is 5.32 Å². The predicted octanol–water partition coefficient (Wildman–Crippen LogP) is 3.26. The van der Waals surface area contributed by atoms with Gasteiger partial charge in [0, 0.05) is 11.7 Å². The van der Waals surface area contributed by atoms with Gasteiger partial charge in [-0.2, -0.15) is 0 Å². The first-order valence-electron chi connectivity index (χ1n) is 5.95. The maximum Gasteiger partial charge on any atom is 0.337 e. The highest BCUT2D eigenvalue weighted by Crippen LogP contribution is 2.24. The maximum absolute atomic E-state index is 11.1. The molecule has 98 valence electrons. The van der Waals surface area contributed by atoms with Crippen LogP contribution in [0.2, 0.25) is 0 Å². The molecule has 0 saturated heterocycles. The number of para-hydroxylation sites is 1. The SMILES string of the molecule is CC(Nc1ccccc1C(=O)O)c1cccc(O)c1. The lowest BCUT2D eigenvalue weighted by Crippen LogP contribution is -2.10. The van der Waals surface area contributed by atoms with Crippen LogP contribution in [0, 0.1) is 0 Å². The Balaban J connectivity index is 2.24. The molecule has 2 aromatic carbocycles. The van der Waals surface area contributed by atoms with Gasteiger partial charge in [-0.05, 0) is 36.8 Å². The Labute approximate surface area is 111 Å². The van der Waals surface area contributed by atoms with E-state index in [1.165, 1.54) is 0 Å². The number of rotatable bonds is 4. The molecule has 2 aromatic rings. The third-order valence-corrected chi connectivity index (χ3v) is 2.90. The smallest absolute Gasteiger partial charge is 0.337 e. The molecule has 0 saturated carbocycles. The molecule has 0 bridgehead atoms. The molecule has 0 aliphatic heterocycles. The van der Waals surface area contributed by atoms with E-state index in [9.17, 15) is 9.90 Å². The standard InChI is InChI=1S/C15H15NO3/c1-10(11-5-4-6-12(17)9-11)16-14-8-3-2-7-13(14)15(18)19/h2-10,16-17H,1H3,(H,18,19). The number of phenols is 1. The van der Waals surface area contributed by atoms with E-state index in [1.54, 1.807) is 42.5 Å². The number of phenolic OH excluding ortho intramolecular Hbond substituents is 1. The fourth-order valence-corrected chi connectivity index (χ4v) is 1.91. The average Bonchev–Trinajstić information content (AvgIpc) is 2.39. The number of carbonyl (C=O) groups is 1. The summed E-state index contributed by atoms with van der Waals surface area (Å²) in [5.41, 5.74) is 1.68. The van der Waals surface area contributed by atoms with Gasteiger partial charge in [-0.25, -0.2) is 4.79 Å². The lowest BCUT2D eigenvalue weighted by atomic mass is 10.1. The Morgan fingerprint density at radius 3 is 2.58 bits per heavy atom. The molecule has 0 amide bonds. The van der Waals surface area contributed by atoms with Crippen LogP contribution >= 0.6 is 0 Å². The minimum Gasteiger partial charge on any atom is -0.508 e. The summed E-state index contributed by atoms with van der Waals surface area (Å²) in [5, 5.41) is 21.7. The summed E-state index contributed by atoms with van der Waals surface area (Å²) in [4.78, 5) is 11.1. The van der Waals surface area contributed by atoms with Crippen LogP contribution in [-0.2, 0) is 0 Å². The van der Waals surface area contributed by atoms with Gasteiger partial charge in [0.15, 0.2) is 0 Å². The van der Waals surface area contributed by atoms with E-state index in [4.69, 9.17) is 5.11 Å². The van der Waals surface area contributed by atoms with E-state index in [2.05, 4.69) is 5.32 Å². The molecule has 0 heterocycles. The number of anilines is 1. The highest BCUT2D eigenvalue weighted by molar-refractivity contribution is 5.94. The van der Waals surface area contributed by atoms with Gasteiger partial charge in [0.2, 0.25) is 0 Å². The Morgan fingerprint density at radius 2 is 1.89 bits per heavy atom. The number of benzene rings is 2. The van der Waals surface area contributed by atoms with Crippen LogP contribution in [0.5, 0.6) is 5.75 Å². The van der Waals surface area contributed by atoms with E-state index in [-0.39, 0.29) is 17.4 Å². The van der Waals surface area contributed by atoms with E-state index >= 15 is 0 Å². The van der Waals surface area contributed by atoms with Crippen molar-refractivity contribution in [3.63, 3.8) is 0 Å². The molecule has 2 rings (SSSR count). The second kappa shape index (κ2) is 5.44. The summed E-state index contributed by atoms with van der Waals surface area (Å²) in [5.74, 6) is -0.774. The molecule has 4 heteroatoms. The molecule has 0 aliphatic rings. The van der Waals surface area contributed by atoms with Gasteiger partial charge in [-0.15, -0.1) is 0 Å². The molecule has 4 nitrogen and oxygen atoms in total.